The molecule has 2 aliphatic rings. The van der Waals surface area contributed by atoms with E-state index in [1.54, 1.807) is 24.3 Å². The number of piperazine rings is 1. The Hall–Kier alpha value is -2.67. The van der Waals surface area contributed by atoms with Crippen LogP contribution in [0.4, 0.5) is 5.69 Å². The first-order valence-corrected chi connectivity index (χ1v) is 12.2. The molecular formula is C25H21Cl2N3O2S. The zero-order chi connectivity index (χ0) is 22.9. The fraction of sp³-hybridized carbons (Fsp3) is 0.200. The molecule has 5 nitrogen and oxygen atoms in total. The van der Waals surface area contributed by atoms with Crippen molar-refractivity contribution in [3.05, 3.63) is 80.9 Å². The van der Waals surface area contributed by atoms with Crippen LogP contribution >= 0.6 is 35.0 Å². The van der Waals surface area contributed by atoms with Crippen LogP contribution in [-0.2, 0) is 4.79 Å². The molecule has 168 valence electrons. The molecule has 0 N–H and O–H groups in total. The van der Waals surface area contributed by atoms with Gasteiger partial charge in [-0.15, -0.1) is 0 Å². The third-order valence-electron chi connectivity index (χ3n) is 5.65. The van der Waals surface area contributed by atoms with E-state index in [0.717, 1.165) is 31.3 Å². The van der Waals surface area contributed by atoms with Crippen LogP contribution in [0.3, 0.4) is 0 Å². The lowest BCUT2D eigenvalue weighted by atomic mass is 10.2. The molecule has 0 saturated carbocycles. The molecule has 2 aromatic carbocycles. The summed E-state index contributed by atoms with van der Waals surface area (Å²) in [5.41, 5.74) is 3.19. The molecule has 1 aromatic heterocycles. The Labute approximate surface area is 206 Å². The number of amidine groups is 1. The molecule has 3 heterocycles. The average Bonchev–Trinajstić information content (AvgIpc) is 3.43. The molecular weight excluding hydrogens is 477 g/mol. The quantitative estimate of drug-likeness (QED) is 0.394. The molecule has 0 bridgehead atoms. The number of halogens is 2. The molecule has 2 aliphatic heterocycles. The summed E-state index contributed by atoms with van der Waals surface area (Å²) in [5.74, 6) is 0.922. The highest BCUT2D eigenvalue weighted by atomic mass is 35.5. The standard InChI is InChI=1S/C25H21Cl2N3O2S/c1-16-2-5-18(6-3-16)29-10-12-30(13-11-29)25-28-24(31)23(33-25)15-19-7-9-22(32-19)20-14-17(26)4-8-21(20)27/h2-9,14-15H,10-13H2,1H3. The van der Waals surface area contributed by atoms with Gasteiger partial charge in [-0.05, 0) is 61.2 Å². The van der Waals surface area contributed by atoms with Crippen molar-refractivity contribution in [3.8, 4) is 11.3 Å². The number of nitrogens with zero attached hydrogens (tertiary/aromatic N) is 3. The maximum absolute atomic E-state index is 12.5. The number of thioether (sulfide) groups is 1. The number of anilines is 1. The summed E-state index contributed by atoms with van der Waals surface area (Å²) in [5, 5.41) is 1.88. The van der Waals surface area contributed by atoms with Crippen LogP contribution in [-0.4, -0.2) is 42.2 Å². The van der Waals surface area contributed by atoms with Crippen molar-refractivity contribution >= 4 is 57.8 Å². The smallest absolute Gasteiger partial charge is 0.286 e. The van der Waals surface area contributed by atoms with E-state index in [1.165, 1.54) is 23.0 Å². The fourth-order valence-corrected chi connectivity index (χ4v) is 5.16. The zero-order valence-corrected chi connectivity index (χ0v) is 20.3. The zero-order valence-electron chi connectivity index (χ0n) is 17.9. The average molecular weight is 498 g/mol. The van der Waals surface area contributed by atoms with E-state index in [2.05, 4.69) is 46.0 Å². The molecule has 0 aliphatic carbocycles. The maximum Gasteiger partial charge on any atom is 0.286 e. The maximum atomic E-state index is 12.5. The van der Waals surface area contributed by atoms with Gasteiger partial charge in [0.2, 0.25) is 0 Å². The number of amides is 1. The molecule has 1 fully saturated rings. The van der Waals surface area contributed by atoms with Gasteiger partial charge in [0.25, 0.3) is 5.91 Å². The van der Waals surface area contributed by atoms with Crippen LogP contribution in [0.15, 0.2) is 68.9 Å². The van der Waals surface area contributed by atoms with Crippen molar-refractivity contribution in [2.45, 2.75) is 6.92 Å². The second-order valence-corrected chi connectivity index (χ2v) is 9.80. The summed E-state index contributed by atoms with van der Waals surface area (Å²) in [6, 6.07) is 17.4. The van der Waals surface area contributed by atoms with Gasteiger partial charge in [-0.25, -0.2) is 0 Å². The second-order valence-electron chi connectivity index (χ2n) is 7.95. The fourth-order valence-electron chi connectivity index (χ4n) is 3.84. The van der Waals surface area contributed by atoms with Gasteiger partial charge in [0.1, 0.15) is 11.5 Å². The Kier molecular flexibility index (Phi) is 6.23. The molecule has 1 amide bonds. The molecule has 0 radical (unpaired) electrons. The predicted octanol–water partition coefficient (Wildman–Crippen LogP) is 6.35. The van der Waals surface area contributed by atoms with Crippen LogP contribution in [0, 0.1) is 6.92 Å². The monoisotopic (exact) mass is 497 g/mol. The van der Waals surface area contributed by atoms with Gasteiger partial charge < -0.3 is 14.2 Å². The van der Waals surface area contributed by atoms with E-state index < -0.39 is 0 Å². The van der Waals surface area contributed by atoms with E-state index >= 15 is 0 Å². The third kappa shape index (κ3) is 4.83. The number of hydrogen-bond donors (Lipinski definition) is 0. The summed E-state index contributed by atoms with van der Waals surface area (Å²) in [7, 11) is 0. The number of carbonyl (C=O) groups is 1. The van der Waals surface area contributed by atoms with Crippen LogP contribution < -0.4 is 4.90 Å². The predicted molar refractivity (Wildman–Crippen MR) is 137 cm³/mol. The first-order valence-electron chi connectivity index (χ1n) is 10.6. The number of carbonyl (C=O) groups excluding carboxylic acids is 1. The number of rotatable bonds is 3. The van der Waals surface area contributed by atoms with Gasteiger partial charge in [0, 0.05) is 48.5 Å². The Balaban J connectivity index is 1.24. The molecule has 5 rings (SSSR count). The van der Waals surface area contributed by atoms with Crippen LogP contribution in [0.1, 0.15) is 11.3 Å². The van der Waals surface area contributed by atoms with Crippen molar-refractivity contribution in [1.82, 2.24) is 4.90 Å². The number of benzene rings is 2. The summed E-state index contributed by atoms with van der Waals surface area (Å²) < 4.78 is 5.91. The van der Waals surface area contributed by atoms with Gasteiger partial charge >= 0.3 is 0 Å². The van der Waals surface area contributed by atoms with E-state index in [9.17, 15) is 4.79 Å². The minimum atomic E-state index is -0.241. The van der Waals surface area contributed by atoms with Crippen molar-refractivity contribution in [3.63, 3.8) is 0 Å². The minimum absolute atomic E-state index is 0.241. The highest BCUT2D eigenvalue weighted by Gasteiger charge is 2.29. The summed E-state index contributed by atoms with van der Waals surface area (Å²) in [6.45, 7) is 5.50. The Morgan fingerprint density at radius 2 is 1.70 bits per heavy atom. The molecule has 8 heteroatoms. The SMILES string of the molecule is Cc1ccc(N2CCN(C3=NC(=O)C(=Cc4ccc(-c5cc(Cl)ccc5Cl)o4)S3)CC2)cc1. The van der Waals surface area contributed by atoms with Crippen molar-refractivity contribution in [2.24, 2.45) is 4.99 Å². The lowest BCUT2D eigenvalue weighted by Crippen LogP contribution is -2.47. The van der Waals surface area contributed by atoms with Gasteiger partial charge in [0.15, 0.2) is 5.17 Å². The highest BCUT2D eigenvalue weighted by Crippen LogP contribution is 2.35. The Morgan fingerprint density at radius 3 is 2.45 bits per heavy atom. The van der Waals surface area contributed by atoms with E-state index in [0.29, 0.717) is 32.0 Å². The normalized spacial score (nSPS) is 17.7. The number of furan rings is 1. The molecule has 1 saturated heterocycles. The lowest BCUT2D eigenvalue weighted by molar-refractivity contribution is -0.113. The van der Waals surface area contributed by atoms with Crippen LogP contribution in [0.25, 0.3) is 17.4 Å². The van der Waals surface area contributed by atoms with Crippen LogP contribution in [0.5, 0.6) is 0 Å². The van der Waals surface area contributed by atoms with Crippen LogP contribution in [0.2, 0.25) is 10.0 Å². The molecule has 0 spiro atoms. The number of aryl methyl sites for hydroxylation is 1. The van der Waals surface area contributed by atoms with Gasteiger partial charge in [-0.3, -0.25) is 4.79 Å². The first kappa shape index (κ1) is 22.1. The lowest BCUT2D eigenvalue weighted by Gasteiger charge is -2.36. The largest absolute Gasteiger partial charge is 0.457 e. The molecule has 3 aromatic rings. The minimum Gasteiger partial charge on any atom is -0.457 e. The van der Waals surface area contributed by atoms with Gasteiger partial charge in [-0.2, -0.15) is 4.99 Å². The number of aliphatic imine (C=N–C) groups is 1. The highest BCUT2D eigenvalue weighted by molar-refractivity contribution is 8.18. The van der Waals surface area contributed by atoms with E-state index in [4.69, 9.17) is 27.6 Å². The number of hydrogen-bond acceptors (Lipinski definition) is 5. The topological polar surface area (TPSA) is 49.0 Å². The van der Waals surface area contributed by atoms with Gasteiger partial charge in [0.05, 0.1) is 9.93 Å². The third-order valence-corrected chi connectivity index (χ3v) is 7.26. The molecule has 0 unspecified atom stereocenters. The Morgan fingerprint density at radius 1 is 0.970 bits per heavy atom. The van der Waals surface area contributed by atoms with Gasteiger partial charge in [-0.1, -0.05) is 40.9 Å². The first-order chi connectivity index (χ1) is 16.0. The molecule has 33 heavy (non-hydrogen) atoms. The van der Waals surface area contributed by atoms with Crippen molar-refractivity contribution in [2.75, 3.05) is 31.1 Å². The summed E-state index contributed by atoms with van der Waals surface area (Å²) in [4.78, 5) is 21.9. The summed E-state index contributed by atoms with van der Waals surface area (Å²) >= 11 is 13.8. The second kappa shape index (κ2) is 9.29. The van der Waals surface area contributed by atoms with Crippen molar-refractivity contribution < 1.29 is 9.21 Å². The van der Waals surface area contributed by atoms with Crippen molar-refractivity contribution in [1.29, 1.82) is 0 Å². The molecule has 0 atom stereocenters. The van der Waals surface area contributed by atoms with E-state index in [-0.39, 0.29) is 5.91 Å². The van der Waals surface area contributed by atoms with E-state index in [1.807, 2.05) is 12.1 Å². The summed E-state index contributed by atoms with van der Waals surface area (Å²) in [6.07, 6.45) is 1.73. The Bertz CT molecular complexity index is 1260.